The van der Waals surface area contributed by atoms with Gasteiger partial charge >= 0.3 is 5.97 Å². The Labute approximate surface area is 156 Å². The molecule has 1 aliphatic rings. The summed E-state index contributed by atoms with van der Waals surface area (Å²) >= 11 is 0. The lowest BCUT2D eigenvalue weighted by molar-refractivity contribution is -0.151. The van der Waals surface area contributed by atoms with Crippen LogP contribution in [0.2, 0.25) is 0 Å². The molecule has 2 N–H and O–H groups in total. The van der Waals surface area contributed by atoms with Crippen molar-refractivity contribution in [1.82, 2.24) is 19.9 Å². The van der Waals surface area contributed by atoms with E-state index < -0.39 is 11.9 Å². The van der Waals surface area contributed by atoms with E-state index in [0.717, 1.165) is 6.42 Å². The van der Waals surface area contributed by atoms with Crippen molar-refractivity contribution in [2.75, 3.05) is 37.8 Å². The number of nitrogens with zero attached hydrogens (tertiary/aromatic N) is 5. The second kappa shape index (κ2) is 8.02. The summed E-state index contributed by atoms with van der Waals surface area (Å²) in [7, 11) is 3.55. The summed E-state index contributed by atoms with van der Waals surface area (Å²) in [4.78, 5) is 40.3. The van der Waals surface area contributed by atoms with Crippen molar-refractivity contribution in [3.63, 3.8) is 0 Å². The molecule has 1 aliphatic heterocycles. The lowest BCUT2D eigenvalue weighted by Gasteiger charge is -2.30. The minimum Gasteiger partial charge on any atom is -0.459 e. The Morgan fingerprint density at radius 3 is 2.89 bits per heavy atom. The van der Waals surface area contributed by atoms with Gasteiger partial charge in [0, 0.05) is 27.2 Å². The Morgan fingerprint density at radius 1 is 1.37 bits per heavy atom. The van der Waals surface area contributed by atoms with Gasteiger partial charge in [0.1, 0.15) is 0 Å². The van der Waals surface area contributed by atoms with Gasteiger partial charge in [-0.1, -0.05) is 0 Å². The molecule has 27 heavy (non-hydrogen) atoms. The van der Waals surface area contributed by atoms with Gasteiger partial charge in [0.25, 0.3) is 5.91 Å². The number of rotatable bonds is 5. The first-order valence-corrected chi connectivity index (χ1v) is 8.61. The van der Waals surface area contributed by atoms with Gasteiger partial charge in [0.15, 0.2) is 18.2 Å². The molecule has 10 heteroatoms. The monoisotopic (exact) mass is 374 g/mol. The number of nitrogens with two attached hydrogens (primary N) is 1. The molecule has 0 radical (unpaired) electrons. The Balaban J connectivity index is 1.59. The van der Waals surface area contributed by atoms with Crippen LogP contribution in [-0.4, -0.2) is 58.9 Å². The SMILES string of the molecule is CN(C)c1nc(N)nc(COC(=O)C2CCCN(C(=O)c3ccco3)C2)n1. The number of amides is 1. The topological polar surface area (TPSA) is 128 Å². The predicted molar refractivity (Wildman–Crippen MR) is 95.7 cm³/mol. The zero-order valence-electron chi connectivity index (χ0n) is 15.3. The average Bonchev–Trinajstić information content (AvgIpc) is 3.20. The molecule has 2 aromatic heterocycles. The smallest absolute Gasteiger partial charge is 0.311 e. The van der Waals surface area contributed by atoms with Gasteiger partial charge in [-0.15, -0.1) is 0 Å². The maximum absolute atomic E-state index is 12.4. The first kappa shape index (κ1) is 18.6. The zero-order valence-corrected chi connectivity index (χ0v) is 15.3. The van der Waals surface area contributed by atoms with E-state index in [4.69, 9.17) is 14.9 Å². The summed E-state index contributed by atoms with van der Waals surface area (Å²) in [5.74, 6) is -0.0188. The average molecular weight is 374 g/mol. The number of carbonyl (C=O) groups is 2. The quantitative estimate of drug-likeness (QED) is 0.752. The minimum absolute atomic E-state index is 0.0626. The van der Waals surface area contributed by atoms with Crippen molar-refractivity contribution >= 4 is 23.8 Å². The van der Waals surface area contributed by atoms with Crippen LogP contribution in [0, 0.1) is 5.92 Å². The molecule has 144 valence electrons. The van der Waals surface area contributed by atoms with Crippen molar-refractivity contribution in [3.8, 4) is 0 Å². The van der Waals surface area contributed by atoms with Crippen LogP contribution in [0.15, 0.2) is 22.8 Å². The third-order valence-electron chi connectivity index (χ3n) is 4.20. The molecular weight excluding hydrogens is 352 g/mol. The lowest BCUT2D eigenvalue weighted by Crippen LogP contribution is -2.42. The Morgan fingerprint density at radius 2 is 2.19 bits per heavy atom. The molecule has 1 atom stereocenters. The number of anilines is 2. The molecule has 1 amide bonds. The van der Waals surface area contributed by atoms with Crippen LogP contribution in [-0.2, 0) is 16.1 Å². The maximum Gasteiger partial charge on any atom is 0.311 e. The zero-order chi connectivity index (χ0) is 19.4. The number of hydrogen-bond donors (Lipinski definition) is 1. The normalized spacial score (nSPS) is 16.8. The van der Waals surface area contributed by atoms with E-state index in [-0.39, 0.29) is 30.0 Å². The molecule has 0 spiro atoms. The van der Waals surface area contributed by atoms with Gasteiger partial charge in [-0.25, -0.2) is 0 Å². The highest BCUT2D eigenvalue weighted by Gasteiger charge is 2.31. The van der Waals surface area contributed by atoms with Gasteiger partial charge < -0.3 is 24.7 Å². The molecule has 1 saturated heterocycles. The summed E-state index contributed by atoms with van der Waals surface area (Å²) in [5.41, 5.74) is 5.66. The molecule has 10 nitrogen and oxygen atoms in total. The number of furan rings is 1. The molecule has 0 aromatic carbocycles. The molecule has 3 heterocycles. The van der Waals surface area contributed by atoms with Crippen LogP contribution < -0.4 is 10.6 Å². The number of ether oxygens (including phenoxy) is 1. The predicted octanol–water partition coefficient (Wildman–Crippen LogP) is 0.708. The number of piperidine rings is 1. The summed E-state index contributed by atoms with van der Waals surface area (Å²) in [6.45, 7) is 0.773. The Bertz CT molecular complexity index is 808. The van der Waals surface area contributed by atoms with Gasteiger partial charge in [-0.3, -0.25) is 9.59 Å². The fraction of sp³-hybridized carbons (Fsp3) is 0.471. The molecule has 2 aromatic rings. The van der Waals surface area contributed by atoms with Crippen molar-refractivity contribution < 1.29 is 18.7 Å². The van der Waals surface area contributed by atoms with E-state index in [1.54, 1.807) is 36.0 Å². The fourth-order valence-electron chi connectivity index (χ4n) is 2.85. The summed E-state index contributed by atoms with van der Waals surface area (Å²) in [5, 5.41) is 0. The van der Waals surface area contributed by atoms with Gasteiger partial charge in [-0.05, 0) is 25.0 Å². The van der Waals surface area contributed by atoms with Crippen molar-refractivity contribution in [3.05, 3.63) is 30.0 Å². The van der Waals surface area contributed by atoms with Crippen LogP contribution in [0.1, 0.15) is 29.2 Å². The highest BCUT2D eigenvalue weighted by atomic mass is 16.5. The minimum atomic E-state index is -0.398. The summed E-state index contributed by atoms with van der Waals surface area (Å²) in [6.07, 6.45) is 2.82. The van der Waals surface area contributed by atoms with Crippen LogP contribution >= 0.6 is 0 Å². The third-order valence-corrected chi connectivity index (χ3v) is 4.20. The first-order valence-electron chi connectivity index (χ1n) is 8.61. The fourth-order valence-corrected chi connectivity index (χ4v) is 2.85. The number of esters is 1. The van der Waals surface area contributed by atoms with Crippen molar-refractivity contribution in [2.24, 2.45) is 5.92 Å². The van der Waals surface area contributed by atoms with E-state index in [1.165, 1.54) is 6.26 Å². The Kier molecular flexibility index (Phi) is 5.53. The second-order valence-corrected chi connectivity index (χ2v) is 6.48. The number of carbonyl (C=O) groups excluding carboxylic acids is 2. The summed E-state index contributed by atoms with van der Waals surface area (Å²) < 4.78 is 10.5. The van der Waals surface area contributed by atoms with Crippen molar-refractivity contribution in [1.29, 1.82) is 0 Å². The molecule has 0 aliphatic carbocycles. The number of nitrogen functional groups attached to an aromatic ring is 1. The first-order chi connectivity index (χ1) is 12.9. The number of aromatic nitrogens is 3. The van der Waals surface area contributed by atoms with Gasteiger partial charge in [0.2, 0.25) is 11.9 Å². The van der Waals surface area contributed by atoms with Gasteiger partial charge in [0.05, 0.1) is 12.2 Å². The number of hydrogen-bond acceptors (Lipinski definition) is 9. The van der Waals surface area contributed by atoms with E-state index in [1.807, 2.05) is 0 Å². The molecule has 0 saturated carbocycles. The molecule has 0 bridgehead atoms. The van der Waals surface area contributed by atoms with E-state index >= 15 is 0 Å². The highest BCUT2D eigenvalue weighted by Crippen LogP contribution is 2.20. The van der Waals surface area contributed by atoms with E-state index in [0.29, 0.717) is 25.5 Å². The molecular formula is C17H22N6O4. The lowest BCUT2D eigenvalue weighted by atomic mass is 9.98. The second-order valence-electron chi connectivity index (χ2n) is 6.48. The van der Waals surface area contributed by atoms with Crippen LogP contribution in [0.25, 0.3) is 0 Å². The largest absolute Gasteiger partial charge is 0.459 e. The maximum atomic E-state index is 12.4. The van der Waals surface area contributed by atoms with Crippen LogP contribution in [0.4, 0.5) is 11.9 Å². The number of likely N-dealkylation sites (tertiary alicyclic amines) is 1. The summed E-state index contributed by atoms with van der Waals surface area (Å²) in [6, 6.07) is 3.27. The van der Waals surface area contributed by atoms with Gasteiger partial charge in [-0.2, -0.15) is 15.0 Å². The Hall–Kier alpha value is -3.17. The van der Waals surface area contributed by atoms with E-state index in [2.05, 4.69) is 15.0 Å². The standard InChI is InChI=1S/C17H22N6O4/c1-22(2)17-20-13(19-16(18)21-17)10-27-15(25)11-5-3-7-23(9-11)14(24)12-6-4-8-26-12/h4,6,8,11H,3,5,7,9-10H2,1-2H3,(H2,18,19,20,21). The van der Waals surface area contributed by atoms with Crippen molar-refractivity contribution in [2.45, 2.75) is 19.4 Å². The molecule has 1 unspecified atom stereocenters. The van der Waals surface area contributed by atoms with E-state index in [9.17, 15) is 9.59 Å². The van der Waals surface area contributed by atoms with Crippen LogP contribution in [0.3, 0.4) is 0 Å². The highest BCUT2D eigenvalue weighted by molar-refractivity contribution is 5.91. The molecule has 3 rings (SSSR count). The molecule has 1 fully saturated rings. The van der Waals surface area contributed by atoms with Crippen LogP contribution in [0.5, 0.6) is 0 Å². The third kappa shape index (κ3) is 4.52.